The molecular weight excluding hydrogens is 590 g/mol. The molecule has 13 nitrogen and oxygen atoms in total. The van der Waals surface area contributed by atoms with E-state index in [1.807, 2.05) is 6.92 Å². The second kappa shape index (κ2) is 15.4. The van der Waals surface area contributed by atoms with Crippen molar-refractivity contribution < 1.29 is 29.0 Å². The predicted octanol–water partition coefficient (Wildman–Crippen LogP) is 3.91. The van der Waals surface area contributed by atoms with Gasteiger partial charge in [0.2, 0.25) is 12.3 Å². The third kappa shape index (κ3) is 8.74. The molecule has 3 rings (SSSR count). The van der Waals surface area contributed by atoms with Crippen molar-refractivity contribution in [3.63, 3.8) is 0 Å². The molecular formula is C33H41N7O6. The molecule has 0 heterocycles. The van der Waals surface area contributed by atoms with Crippen LogP contribution in [0.4, 0.5) is 11.4 Å². The highest BCUT2D eigenvalue weighted by molar-refractivity contribution is 5.99. The maximum atomic E-state index is 12.7. The number of carbonyl (C=O) groups excluding carboxylic acids is 2. The van der Waals surface area contributed by atoms with E-state index in [-0.39, 0.29) is 29.7 Å². The van der Waals surface area contributed by atoms with Gasteiger partial charge in [-0.05, 0) is 74.9 Å². The zero-order chi connectivity index (χ0) is 34.0. The Kier molecular flexibility index (Phi) is 11.7. The van der Waals surface area contributed by atoms with Gasteiger partial charge in [-0.3, -0.25) is 20.0 Å². The molecule has 0 spiro atoms. The summed E-state index contributed by atoms with van der Waals surface area (Å²) in [5.41, 5.74) is 6.92. The molecule has 0 aliphatic heterocycles. The molecule has 0 saturated heterocycles. The van der Waals surface area contributed by atoms with E-state index in [0.29, 0.717) is 47.0 Å². The van der Waals surface area contributed by atoms with Crippen LogP contribution in [0, 0.1) is 10.8 Å². The van der Waals surface area contributed by atoms with Gasteiger partial charge in [0, 0.05) is 32.4 Å². The fourth-order valence-corrected chi connectivity index (χ4v) is 4.62. The van der Waals surface area contributed by atoms with Crippen molar-refractivity contribution in [1.82, 2.24) is 10.2 Å². The molecule has 3 aromatic carbocycles. The molecule has 1 unspecified atom stereocenters. The molecule has 0 aliphatic carbocycles. The minimum Gasteiger partial charge on any atom is -0.490 e. The summed E-state index contributed by atoms with van der Waals surface area (Å²) < 4.78 is 12.0. The molecule has 1 atom stereocenters. The summed E-state index contributed by atoms with van der Waals surface area (Å²) in [4.78, 5) is 37.9. The van der Waals surface area contributed by atoms with Crippen LogP contribution in [0.2, 0.25) is 0 Å². The summed E-state index contributed by atoms with van der Waals surface area (Å²) in [6, 6.07) is 17.6. The zero-order valence-corrected chi connectivity index (χ0v) is 26.8. The molecule has 3 aromatic rings. The fraction of sp³-hybridized carbons (Fsp3) is 0.303. The van der Waals surface area contributed by atoms with Gasteiger partial charge in [0.15, 0.2) is 17.3 Å². The SMILES string of the molecule is CCOc1cc(C(Nc2ccc(C(=N)N)cc2)/C(=N/N(C)c2ccccc2C(=O)O)NC=O)ccc1OCC(C)(C)C(=O)N(C)C. The minimum absolute atomic E-state index is 0.0272. The lowest BCUT2D eigenvalue weighted by atomic mass is 9.93. The van der Waals surface area contributed by atoms with Crippen LogP contribution in [0.25, 0.3) is 0 Å². The van der Waals surface area contributed by atoms with E-state index < -0.39 is 17.4 Å². The first-order valence-electron chi connectivity index (χ1n) is 14.5. The molecule has 46 heavy (non-hydrogen) atoms. The van der Waals surface area contributed by atoms with Crippen molar-refractivity contribution in [2.45, 2.75) is 26.8 Å². The van der Waals surface area contributed by atoms with Crippen molar-refractivity contribution in [2.24, 2.45) is 16.3 Å². The van der Waals surface area contributed by atoms with Crippen molar-refractivity contribution in [3.05, 3.63) is 83.4 Å². The number of nitrogens with one attached hydrogen (secondary N) is 3. The molecule has 0 radical (unpaired) electrons. The summed E-state index contributed by atoms with van der Waals surface area (Å²) in [6.45, 7) is 5.86. The lowest BCUT2D eigenvalue weighted by Crippen LogP contribution is -2.40. The number of para-hydroxylation sites is 1. The normalized spacial score (nSPS) is 12.0. The maximum absolute atomic E-state index is 12.7. The number of rotatable bonds is 15. The first-order valence-corrected chi connectivity index (χ1v) is 14.5. The van der Waals surface area contributed by atoms with E-state index in [0.717, 1.165) is 0 Å². The lowest BCUT2D eigenvalue weighted by Gasteiger charge is -2.28. The van der Waals surface area contributed by atoms with E-state index in [1.54, 1.807) is 95.7 Å². The number of hydrogen-bond acceptors (Lipinski definition) is 9. The van der Waals surface area contributed by atoms with Gasteiger partial charge in [-0.15, -0.1) is 0 Å². The number of nitrogen functional groups attached to an aromatic ring is 1. The third-order valence-electron chi connectivity index (χ3n) is 6.90. The van der Waals surface area contributed by atoms with Gasteiger partial charge >= 0.3 is 5.97 Å². The second-order valence-electron chi connectivity index (χ2n) is 11.2. The number of amidine groups is 2. The van der Waals surface area contributed by atoms with Gasteiger partial charge in [-0.25, -0.2) is 4.79 Å². The van der Waals surface area contributed by atoms with Gasteiger partial charge in [-0.1, -0.05) is 18.2 Å². The highest BCUT2D eigenvalue weighted by atomic mass is 16.5. The fourth-order valence-electron chi connectivity index (χ4n) is 4.62. The molecule has 6 N–H and O–H groups in total. The number of carboxylic acids is 1. The van der Waals surface area contributed by atoms with Gasteiger partial charge in [0.05, 0.1) is 23.3 Å². The number of benzene rings is 3. The van der Waals surface area contributed by atoms with Crippen molar-refractivity contribution in [2.75, 3.05) is 44.7 Å². The molecule has 13 heteroatoms. The van der Waals surface area contributed by atoms with E-state index >= 15 is 0 Å². The molecule has 244 valence electrons. The van der Waals surface area contributed by atoms with Crippen molar-refractivity contribution in [3.8, 4) is 11.5 Å². The Morgan fingerprint density at radius 1 is 1.04 bits per heavy atom. The van der Waals surface area contributed by atoms with Crippen molar-refractivity contribution in [1.29, 1.82) is 5.41 Å². The van der Waals surface area contributed by atoms with Gasteiger partial charge < -0.3 is 35.8 Å². The highest BCUT2D eigenvalue weighted by Gasteiger charge is 2.31. The smallest absolute Gasteiger partial charge is 0.337 e. The Morgan fingerprint density at radius 2 is 1.72 bits per heavy atom. The molecule has 0 aliphatic rings. The third-order valence-corrected chi connectivity index (χ3v) is 6.90. The summed E-state index contributed by atoms with van der Waals surface area (Å²) in [5, 5.41) is 29.4. The van der Waals surface area contributed by atoms with Crippen LogP contribution in [-0.4, -0.2) is 74.3 Å². The number of anilines is 2. The van der Waals surface area contributed by atoms with Crippen LogP contribution < -0.4 is 30.8 Å². The zero-order valence-electron chi connectivity index (χ0n) is 26.8. The Bertz CT molecular complexity index is 1590. The van der Waals surface area contributed by atoms with Crippen LogP contribution in [-0.2, 0) is 9.59 Å². The summed E-state index contributed by atoms with van der Waals surface area (Å²) in [7, 11) is 4.96. The topological polar surface area (TPSA) is 183 Å². The molecule has 0 bridgehead atoms. The Morgan fingerprint density at radius 3 is 2.30 bits per heavy atom. The van der Waals surface area contributed by atoms with Crippen LogP contribution in [0.3, 0.4) is 0 Å². The maximum Gasteiger partial charge on any atom is 0.337 e. The number of nitrogens with two attached hydrogens (primary N) is 1. The minimum atomic E-state index is -1.13. The number of hydrogen-bond donors (Lipinski definition) is 5. The summed E-state index contributed by atoms with van der Waals surface area (Å²) in [6.07, 6.45) is 0.480. The lowest BCUT2D eigenvalue weighted by molar-refractivity contribution is -0.139. The molecule has 0 saturated carbocycles. The van der Waals surface area contributed by atoms with Crippen LogP contribution in [0.1, 0.15) is 48.3 Å². The largest absolute Gasteiger partial charge is 0.490 e. The average molecular weight is 632 g/mol. The Hall–Kier alpha value is -5.59. The van der Waals surface area contributed by atoms with E-state index in [2.05, 4.69) is 15.7 Å². The highest BCUT2D eigenvalue weighted by Crippen LogP contribution is 2.34. The van der Waals surface area contributed by atoms with Gasteiger partial charge in [-0.2, -0.15) is 5.10 Å². The standard InChI is InChI=1S/C33H41N7O6/c1-7-45-27-18-22(14-17-26(27)46-19-33(2,3)32(44)39(4)5)28(37-23-15-12-21(13-16-23)29(34)35)30(36-20-41)38-40(6)25-11-9-8-10-24(25)31(42)43/h8-18,20,28,37H,7,19H2,1-6H3,(H3,34,35)(H,42,43)(H,36,38,41). The van der Waals surface area contributed by atoms with Crippen molar-refractivity contribution >= 4 is 41.3 Å². The average Bonchev–Trinajstić information content (AvgIpc) is 3.02. The number of carbonyl (C=O) groups is 3. The Balaban J connectivity index is 2.11. The molecule has 0 fully saturated rings. The second-order valence-corrected chi connectivity index (χ2v) is 11.2. The van der Waals surface area contributed by atoms with E-state index in [9.17, 15) is 19.5 Å². The number of hydrazone groups is 1. The first kappa shape index (κ1) is 34.9. The number of aromatic carboxylic acids is 1. The Labute approximate surface area is 268 Å². The summed E-state index contributed by atoms with van der Waals surface area (Å²) >= 11 is 0. The quantitative estimate of drug-likeness (QED) is 0.0719. The number of nitrogens with zero attached hydrogens (tertiary/aromatic N) is 3. The predicted molar refractivity (Wildman–Crippen MR) is 178 cm³/mol. The first-order chi connectivity index (χ1) is 21.8. The van der Waals surface area contributed by atoms with Gasteiger partial charge in [0.1, 0.15) is 18.5 Å². The van der Waals surface area contributed by atoms with Crippen LogP contribution >= 0.6 is 0 Å². The number of amides is 2. The number of ether oxygens (including phenoxy) is 2. The van der Waals surface area contributed by atoms with E-state index in [4.69, 9.17) is 20.6 Å². The number of carboxylic acid groups (broad SMARTS) is 1. The van der Waals surface area contributed by atoms with Crippen LogP contribution in [0.15, 0.2) is 71.8 Å². The van der Waals surface area contributed by atoms with Gasteiger partial charge in [0.25, 0.3) is 0 Å². The summed E-state index contributed by atoms with van der Waals surface area (Å²) in [5.74, 6) is -0.334. The molecule has 0 aromatic heterocycles. The van der Waals surface area contributed by atoms with Crippen LogP contribution in [0.5, 0.6) is 11.5 Å². The monoisotopic (exact) mass is 631 g/mol. The van der Waals surface area contributed by atoms with E-state index in [1.165, 1.54) is 16.0 Å². The molecule has 2 amide bonds.